The number of likely N-dealkylation sites (tertiary alicyclic amines) is 1. The van der Waals surface area contributed by atoms with Crippen molar-refractivity contribution in [2.45, 2.75) is 32.4 Å². The molecule has 1 fully saturated rings. The maximum atomic E-state index is 12.7. The zero-order chi connectivity index (χ0) is 20.9. The van der Waals surface area contributed by atoms with Gasteiger partial charge in [-0.2, -0.15) is 4.98 Å². The number of carbonyl (C=O) groups excluding carboxylic acids is 1. The van der Waals surface area contributed by atoms with E-state index in [1.54, 1.807) is 6.07 Å². The van der Waals surface area contributed by atoms with Crippen molar-refractivity contribution in [3.63, 3.8) is 0 Å². The Morgan fingerprint density at radius 1 is 1.17 bits per heavy atom. The molecule has 6 nitrogen and oxygen atoms in total. The summed E-state index contributed by atoms with van der Waals surface area (Å²) in [5.74, 6) is 1.23. The fourth-order valence-corrected chi connectivity index (χ4v) is 3.99. The van der Waals surface area contributed by atoms with Crippen molar-refractivity contribution in [3.8, 4) is 11.4 Å². The molecule has 0 aliphatic carbocycles. The third kappa shape index (κ3) is 4.89. The highest BCUT2D eigenvalue weighted by Crippen LogP contribution is 2.26. The van der Waals surface area contributed by atoms with Crippen LogP contribution in [0.5, 0.6) is 0 Å². The third-order valence-corrected chi connectivity index (χ3v) is 5.89. The zero-order valence-corrected chi connectivity index (χ0v) is 17.7. The first-order chi connectivity index (χ1) is 14.6. The van der Waals surface area contributed by atoms with Gasteiger partial charge in [0.2, 0.25) is 17.6 Å². The number of hydrogen-bond donors (Lipinski definition) is 1. The number of rotatable bonds is 6. The molecule has 3 aromatic rings. The molecule has 1 aliphatic rings. The number of benzene rings is 2. The van der Waals surface area contributed by atoms with Crippen LogP contribution in [-0.2, 0) is 11.3 Å². The van der Waals surface area contributed by atoms with E-state index in [4.69, 9.17) is 16.1 Å². The predicted molar refractivity (Wildman–Crippen MR) is 116 cm³/mol. The third-order valence-electron chi connectivity index (χ3n) is 5.56. The van der Waals surface area contributed by atoms with E-state index in [-0.39, 0.29) is 17.9 Å². The molecule has 4 rings (SSSR count). The van der Waals surface area contributed by atoms with Gasteiger partial charge >= 0.3 is 0 Å². The summed E-state index contributed by atoms with van der Waals surface area (Å²) in [6.07, 6.45) is 1.64. The Balaban J connectivity index is 1.28. The standard InChI is InChI=1S/C23H25ClN4O2/c1-16(17-7-3-2-4-8-17)25-23(29)18-11-13-28(14-12-18)15-21-26-22(27-30-21)19-9-5-6-10-20(19)24/h2-10,16,18H,11-15H2,1H3,(H,25,29). The molecular formula is C23H25ClN4O2. The van der Waals surface area contributed by atoms with Gasteiger partial charge in [-0.25, -0.2) is 0 Å². The molecule has 1 aliphatic heterocycles. The van der Waals surface area contributed by atoms with Gasteiger partial charge in [0.15, 0.2) is 0 Å². The molecule has 7 heteroatoms. The Hall–Kier alpha value is -2.70. The van der Waals surface area contributed by atoms with E-state index in [0.717, 1.165) is 37.1 Å². The first kappa shape index (κ1) is 20.6. The zero-order valence-electron chi connectivity index (χ0n) is 16.9. The number of nitrogens with zero attached hydrogens (tertiary/aromatic N) is 3. The normalized spacial score (nSPS) is 16.3. The SMILES string of the molecule is CC(NC(=O)C1CCN(Cc2nc(-c3ccccc3Cl)no2)CC1)c1ccccc1. The van der Waals surface area contributed by atoms with Crippen molar-refractivity contribution < 1.29 is 9.32 Å². The van der Waals surface area contributed by atoms with Gasteiger partial charge in [0.05, 0.1) is 17.6 Å². The van der Waals surface area contributed by atoms with E-state index in [2.05, 4.69) is 20.4 Å². The second kappa shape index (κ2) is 9.41. The lowest BCUT2D eigenvalue weighted by molar-refractivity contribution is -0.127. The van der Waals surface area contributed by atoms with Crippen LogP contribution >= 0.6 is 11.6 Å². The van der Waals surface area contributed by atoms with Gasteiger partial charge in [-0.3, -0.25) is 9.69 Å². The van der Waals surface area contributed by atoms with Gasteiger partial charge in [0.1, 0.15) is 0 Å². The molecular weight excluding hydrogens is 400 g/mol. The summed E-state index contributed by atoms with van der Waals surface area (Å²) in [5, 5.41) is 7.80. The van der Waals surface area contributed by atoms with Crippen molar-refractivity contribution in [1.82, 2.24) is 20.4 Å². The Bertz CT molecular complexity index is 984. The first-order valence-electron chi connectivity index (χ1n) is 10.3. The monoisotopic (exact) mass is 424 g/mol. The van der Waals surface area contributed by atoms with Gasteiger partial charge in [0.25, 0.3) is 0 Å². The van der Waals surface area contributed by atoms with Crippen LogP contribution in [0.15, 0.2) is 59.1 Å². The van der Waals surface area contributed by atoms with Crippen molar-refractivity contribution >= 4 is 17.5 Å². The molecule has 1 unspecified atom stereocenters. The quantitative estimate of drug-likeness (QED) is 0.631. The van der Waals surface area contributed by atoms with Gasteiger partial charge in [0, 0.05) is 11.5 Å². The van der Waals surface area contributed by atoms with Crippen LogP contribution < -0.4 is 5.32 Å². The molecule has 1 atom stereocenters. The van der Waals surface area contributed by atoms with E-state index < -0.39 is 0 Å². The summed E-state index contributed by atoms with van der Waals surface area (Å²) in [7, 11) is 0. The summed E-state index contributed by atoms with van der Waals surface area (Å²) in [4.78, 5) is 19.4. The molecule has 0 spiro atoms. The highest BCUT2D eigenvalue weighted by molar-refractivity contribution is 6.33. The summed E-state index contributed by atoms with van der Waals surface area (Å²) < 4.78 is 5.41. The Kier molecular flexibility index (Phi) is 6.45. The number of hydrogen-bond acceptors (Lipinski definition) is 5. The lowest BCUT2D eigenvalue weighted by Crippen LogP contribution is -2.40. The molecule has 0 bridgehead atoms. The van der Waals surface area contributed by atoms with Crippen molar-refractivity contribution in [2.75, 3.05) is 13.1 Å². The van der Waals surface area contributed by atoms with E-state index in [0.29, 0.717) is 23.3 Å². The average Bonchev–Trinajstić information content (AvgIpc) is 3.23. The van der Waals surface area contributed by atoms with E-state index >= 15 is 0 Å². The lowest BCUT2D eigenvalue weighted by atomic mass is 9.95. The number of piperidine rings is 1. The highest BCUT2D eigenvalue weighted by atomic mass is 35.5. The molecule has 0 saturated carbocycles. The van der Waals surface area contributed by atoms with Crippen LogP contribution in [0.4, 0.5) is 0 Å². The molecule has 1 amide bonds. The molecule has 2 heterocycles. The number of aromatic nitrogens is 2. The van der Waals surface area contributed by atoms with E-state index in [1.165, 1.54) is 0 Å². The van der Waals surface area contributed by atoms with Crippen LogP contribution in [-0.4, -0.2) is 34.0 Å². The fraction of sp³-hybridized carbons (Fsp3) is 0.348. The summed E-state index contributed by atoms with van der Waals surface area (Å²) in [6, 6.07) is 17.5. The van der Waals surface area contributed by atoms with Gasteiger partial charge < -0.3 is 9.84 Å². The Morgan fingerprint density at radius 2 is 1.87 bits per heavy atom. The number of carbonyl (C=O) groups is 1. The lowest BCUT2D eigenvalue weighted by Gasteiger charge is -2.30. The maximum Gasteiger partial charge on any atom is 0.241 e. The summed E-state index contributed by atoms with van der Waals surface area (Å²) in [5.41, 5.74) is 1.88. The van der Waals surface area contributed by atoms with Gasteiger partial charge in [-0.1, -0.05) is 59.2 Å². The Labute approximate surface area is 181 Å². The molecule has 156 valence electrons. The minimum absolute atomic E-state index is 0.0124. The maximum absolute atomic E-state index is 12.7. The largest absolute Gasteiger partial charge is 0.349 e. The van der Waals surface area contributed by atoms with Gasteiger partial charge in [-0.05, 0) is 50.6 Å². The predicted octanol–water partition coefficient (Wildman–Crippen LogP) is 4.48. The van der Waals surface area contributed by atoms with Crippen molar-refractivity contribution in [2.24, 2.45) is 5.92 Å². The van der Waals surface area contributed by atoms with Crippen molar-refractivity contribution in [1.29, 1.82) is 0 Å². The van der Waals surface area contributed by atoms with E-state index in [9.17, 15) is 4.79 Å². The molecule has 1 N–H and O–H groups in total. The Morgan fingerprint density at radius 3 is 2.60 bits per heavy atom. The van der Waals surface area contributed by atoms with E-state index in [1.807, 2.05) is 55.5 Å². The number of amides is 1. The molecule has 1 saturated heterocycles. The van der Waals surface area contributed by atoms with Crippen LogP contribution in [0.1, 0.15) is 37.3 Å². The molecule has 1 aromatic heterocycles. The topological polar surface area (TPSA) is 71.3 Å². The van der Waals surface area contributed by atoms with Crippen LogP contribution in [0.25, 0.3) is 11.4 Å². The first-order valence-corrected chi connectivity index (χ1v) is 10.6. The summed E-state index contributed by atoms with van der Waals surface area (Å²) in [6.45, 7) is 4.24. The molecule has 30 heavy (non-hydrogen) atoms. The highest BCUT2D eigenvalue weighted by Gasteiger charge is 2.27. The number of nitrogens with one attached hydrogen (secondary N) is 1. The molecule has 2 aromatic carbocycles. The van der Waals surface area contributed by atoms with Crippen molar-refractivity contribution in [3.05, 3.63) is 71.1 Å². The minimum Gasteiger partial charge on any atom is -0.349 e. The summed E-state index contributed by atoms with van der Waals surface area (Å²) >= 11 is 6.21. The van der Waals surface area contributed by atoms with Gasteiger partial charge in [-0.15, -0.1) is 0 Å². The average molecular weight is 425 g/mol. The van der Waals surface area contributed by atoms with Crippen LogP contribution in [0, 0.1) is 5.92 Å². The molecule has 0 radical (unpaired) electrons. The second-order valence-corrected chi connectivity index (χ2v) is 8.09. The van der Waals surface area contributed by atoms with Crippen LogP contribution in [0.3, 0.4) is 0 Å². The fourth-order valence-electron chi connectivity index (χ4n) is 3.77. The number of halogens is 1. The minimum atomic E-state index is 0.0124. The second-order valence-electron chi connectivity index (χ2n) is 7.68. The smallest absolute Gasteiger partial charge is 0.241 e. The van der Waals surface area contributed by atoms with Crippen LogP contribution in [0.2, 0.25) is 5.02 Å².